The van der Waals surface area contributed by atoms with Gasteiger partial charge in [-0.25, -0.2) is 4.98 Å². The lowest BCUT2D eigenvalue weighted by atomic mass is 10.2. The largest absolute Gasteiger partial charge is 0.447 e. The van der Waals surface area contributed by atoms with Crippen molar-refractivity contribution in [3.05, 3.63) is 48.4 Å². The van der Waals surface area contributed by atoms with Gasteiger partial charge in [-0.05, 0) is 19.1 Å². The summed E-state index contributed by atoms with van der Waals surface area (Å²) in [6.45, 7) is 2.73. The van der Waals surface area contributed by atoms with Gasteiger partial charge in [-0.2, -0.15) is 0 Å². The molecule has 0 saturated heterocycles. The fourth-order valence-corrected chi connectivity index (χ4v) is 1.32. The van der Waals surface area contributed by atoms with Crippen molar-refractivity contribution >= 4 is 0 Å². The summed E-state index contributed by atoms with van der Waals surface area (Å²) in [6, 6.07) is 6.09. The normalized spacial score (nSPS) is 12.6. The van der Waals surface area contributed by atoms with Crippen molar-refractivity contribution in [3.8, 4) is 0 Å². The number of hydrogen-bond acceptors (Lipinski definition) is 4. The molecule has 2 aromatic rings. The van der Waals surface area contributed by atoms with Gasteiger partial charge >= 0.3 is 0 Å². The molecule has 0 aliphatic rings. The van der Waals surface area contributed by atoms with E-state index in [1.165, 1.54) is 6.39 Å². The standard InChI is InChI=1S/C11H13N3O/c1-9(11-4-2-3-5-13-11)14-7-10-6-12-8-15-10/h2-6,8-9,14H,7H2,1H3/t9-/m1/s1. The lowest BCUT2D eigenvalue weighted by Gasteiger charge is -2.11. The maximum atomic E-state index is 5.13. The highest BCUT2D eigenvalue weighted by Crippen LogP contribution is 2.08. The van der Waals surface area contributed by atoms with Crippen molar-refractivity contribution < 1.29 is 4.42 Å². The summed E-state index contributed by atoms with van der Waals surface area (Å²) in [4.78, 5) is 8.12. The molecule has 0 radical (unpaired) electrons. The number of pyridine rings is 1. The second-order valence-corrected chi connectivity index (χ2v) is 3.32. The zero-order valence-corrected chi connectivity index (χ0v) is 8.55. The molecule has 0 bridgehead atoms. The summed E-state index contributed by atoms with van der Waals surface area (Å²) in [5.74, 6) is 0.831. The fourth-order valence-electron chi connectivity index (χ4n) is 1.32. The summed E-state index contributed by atoms with van der Waals surface area (Å²) < 4.78 is 5.13. The van der Waals surface area contributed by atoms with E-state index in [9.17, 15) is 0 Å². The van der Waals surface area contributed by atoms with Crippen LogP contribution in [0.2, 0.25) is 0 Å². The second-order valence-electron chi connectivity index (χ2n) is 3.32. The number of hydrogen-bond donors (Lipinski definition) is 1. The van der Waals surface area contributed by atoms with Gasteiger partial charge in [0.2, 0.25) is 0 Å². The Morgan fingerprint density at radius 2 is 2.40 bits per heavy atom. The van der Waals surface area contributed by atoms with E-state index in [1.807, 2.05) is 18.2 Å². The van der Waals surface area contributed by atoms with Gasteiger partial charge in [-0.15, -0.1) is 0 Å². The molecule has 1 atom stereocenters. The Bertz CT molecular complexity index is 385. The molecule has 0 fully saturated rings. The molecule has 0 aromatic carbocycles. The van der Waals surface area contributed by atoms with Gasteiger partial charge in [0.15, 0.2) is 6.39 Å². The van der Waals surface area contributed by atoms with Crippen LogP contribution in [0.3, 0.4) is 0 Å². The molecule has 4 heteroatoms. The van der Waals surface area contributed by atoms with E-state index in [2.05, 4.69) is 22.2 Å². The van der Waals surface area contributed by atoms with E-state index < -0.39 is 0 Å². The van der Waals surface area contributed by atoms with E-state index in [1.54, 1.807) is 12.4 Å². The highest BCUT2D eigenvalue weighted by molar-refractivity contribution is 5.07. The Morgan fingerprint density at radius 1 is 1.47 bits per heavy atom. The molecule has 0 aliphatic carbocycles. The third-order valence-electron chi connectivity index (χ3n) is 2.20. The molecule has 2 aromatic heterocycles. The van der Waals surface area contributed by atoms with E-state index in [4.69, 9.17) is 4.42 Å². The molecule has 78 valence electrons. The van der Waals surface area contributed by atoms with Gasteiger partial charge in [0, 0.05) is 12.2 Å². The van der Waals surface area contributed by atoms with Crippen LogP contribution in [0.1, 0.15) is 24.4 Å². The van der Waals surface area contributed by atoms with Crippen LogP contribution in [0.25, 0.3) is 0 Å². The Morgan fingerprint density at radius 3 is 3.07 bits per heavy atom. The maximum Gasteiger partial charge on any atom is 0.180 e. The minimum Gasteiger partial charge on any atom is -0.447 e. The molecule has 2 heterocycles. The molecule has 0 saturated carbocycles. The quantitative estimate of drug-likeness (QED) is 0.824. The van der Waals surface area contributed by atoms with Gasteiger partial charge < -0.3 is 9.73 Å². The molecule has 0 amide bonds. The first-order valence-corrected chi connectivity index (χ1v) is 4.88. The lowest BCUT2D eigenvalue weighted by Crippen LogP contribution is -2.18. The molecular weight excluding hydrogens is 190 g/mol. The highest BCUT2D eigenvalue weighted by atomic mass is 16.3. The van der Waals surface area contributed by atoms with Crippen LogP contribution in [0.15, 0.2) is 41.4 Å². The Hall–Kier alpha value is -1.68. The number of oxazole rings is 1. The Labute approximate surface area is 88.4 Å². The van der Waals surface area contributed by atoms with E-state index in [0.717, 1.165) is 11.5 Å². The fraction of sp³-hybridized carbons (Fsp3) is 0.273. The minimum absolute atomic E-state index is 0.205. The number of rotatable bonds is 4. The summed E-state index contributed by atoms with van der Waals surface area (Å²) in [5.41, 5.74) is 1.03. The molecule has 2 rings (SSSR count). The van der Waals surface area contributed by atoms with Crippen LogP contribution in [0.4, 0.5) is 0 Å². The number of nitrogens with one attached hydrogen (secondary N) is 1. The molecule has 1 N–H and O–H groups in total. The van der Waals surface area contributed by atoms with Crippen LogP contribution < -0.4 is 5.32 Å². The van der Waals surface area contributed by atoms with Crippen LogP contribution in [0, 0.1) is 0 Å². The first-order valence-electron chi connectivity index (χ1n) is 4.88. The van der Waals surface area contributed by atoms with Gasteiger partial charge in [0.1, 0.15) is 5.76 Å². The van der Waals surface area contributed by atoms with Crippen LogP contribution >= 0.6 is 0 Å². The topological polar surface area (TPSA) is 51.0 Å². The highest BCUT2D eigenvalue weighted by Gasteiger charge is 2.05. The van der Waals surface area contributed by atoms with Crippen LogP contribution in [0.5, 0.6) is 0 Å². The van der Waals surface area contributed by atoms with Crippen molar-refractivity contribution in [1.29, 1.82) is 0 Å². The van der Waals surface area contributed by atoms with E-state index in [-0.39, 0.29) is 6.04 Å². The van der Waals surface area contributed by atoms with E-state index >= 15 is 0 Å². The zero-order chi connectivity index (χ0) is 10.5. The minimum atomic E-state index is 0.205. The van der Waals surface area contributed by atoms with Crippen molar-refractivity contribution in [3.63, 3.8) is 0 Å². The molecule has 4 nitrogen and oxygen atoms in total. The molecule has 15 heavy (non-hydrogen) atoms. The second kappa shape index (κ2) is 4.70. The summed E-state index contributed by atoms with van der Waals surface area (Å²) in [7, 11) is 0. The average molecular weight is 203 g/mol. The van der Waals surface area contributed by atoms with Gasteiger partial charge in [-0.1, -0.05) is 6.07 Å². The smallest absolute Gasteiger partial charge is 0.180 e. The zero-order valence-electron chi connectivity index (χ0n) is 8.55. The Balaban J connectivity index is 1.90. The summed E-state index contributed by atoms with van der Waals surface area (Å²) >= 11 is 0. The number of aromatic nitrogens is 2. The summed E-state index contributed by atoms with van der Waals surface area (Å²) in [5, 5.41) is 3.31. The predicted octanol–water partition coefficient (Wildman–Crippen LogP) is 1.92. The van der Waals surface area contributed by atoms with Crippen LogP contribution in [-0.2, 0) is 6.54 Å². The third-order valence-corrected chi connectivity index (χ3v) is 2.20. The first kappa shape index (κ1) is 9.86. The van der Waals surface area contributed by atoms with Crippen molar-refractivity contribution in [2.24, 2.45) is 0 Å². The van der Waals surface area contributed by atoms with Gasteiger partial charge in [0.25, 0.3) is 0 Å². The van der Waals surface area contributed by atoms with Crippen molar-refractivity contribution in [2.75, 3.05) is 0 Å². The lowest BCUT2D eigenvalue weighted by molar-refractivity contribution is 0.455. The molecular formula is C11H13N3O. The molecule has 0 aliphatic heterocycles. The van der Waals surface area contributed by atoms with E-state index in [0.29, 0.717) is 6.54 Å². The van der Waals surface area contributed by atoms with Crippen molar-refractivity contribution in [1.82, 2.24) is 15.3 Å². The Kier molecular flexibility index (Phi) is 3.09. The van der Waals surface area contributed by atoms with Gasteiger partial charge in [-0.3, -0.25) is 4.98 Å². The molecule has 0 unspecified atom stereocenters. The molecule has 0 spiro atoms. The maximum absolute atomic E-state index is 5.13. The number of nitrogens with zero attached hydrogens (tertiary/aromatic N) is 2. The third kappa shape index (κ3) is 2.63. The van der Waals surface area contributed by atoms with Crippen molar-refractivity contribution in [2.45, 2.75) is 19.5 Å². The van der Waals surface area contributed by atoms with Gasteiger partial charge in [0.05, 0.1) is 18.4 Å². The van der Waals surface area contributed by atoms with Crippen LogP contribution in [-0.4, -0.2) is 9.97 Å². The summed E-state index contributed by atoms with van der Waals surface area (Å²) in [6.07, 6.45) is 4.93. The first-order chi connectivity index (χ1) is 7.36. The monoisotopic (exact) mass is 203 g/mol. The predicted molar refractivity (Wildman–Crippen MR) is 56.0 cm³/mol. The average Bonchev–Trinajstić information content (AvgIpc) is 2.80. The SMILES string of the molecule is C[C@@H](NCc1cnco1)c1ccccn1.